The minimum atomic E-state index is -1.10. The van der Waals surface area contributed by atoms with Crippen molar-refractivity contribution in [2.45, 2.75) is 19.6 Å². The van der Waals surface area contributed by atoms with Crippen molar-refractivity contribution in [2.24, 2.45) is 5.73 Å². The first-order valence-electron chi connectivity index (χ1n) is 8.23. The van der Waals surface area contributed by atoms with Crippen molar-refractivity contribution in [1.29, 1.82) is 5.41 Å². The van der Waals surface area contributed by atoms with E-state index in [2.05, 4.69) is 5.32 Å². The van der Waals surface area contributed by atoms with Crippen LogP contribution in [0.4, 0.5) is 4.39 Å². The van der Waals surface area contributed by atoms with Crippen molar-refractivity contribution in [3.8, 4) is 5.75 Å². The van der Waals surface area contributed by atoms with Crippen LogP contribution in [0.15, 0.2) is 36.4 Å². The van der Waals surface area contributed by atoms with Gasteiger partial charge in [-0.05, 0) is 30.7 Å². The summed E-state index contributed by atoms with van der Waals surface area (Å²) in [6.45, 7) is 2.08. The average Bonchev–Trinajstić information content (AvgIpc) is 2.65. The first-order valence-corrected chi connectivity index (χ1v) is 8.60. The summed E-state index contributed by atoms with van der Waals surface area (Å²) in [6, 6.07) is 9.08. The second-order valence-electron chi connectivity index (χ2n) is 5.66. The molecule has 0 aliphatic heterocycles. The van der Waals surface area contributed by atoms with Gasteiger partial charge in [-0.3, -0.25) is 10.2 Å². The predicted octanol–water partition coefficient (Wildman–Crippen LogP) is 3.17. The van der Waals surface area contributed by atoms with Crippen LogP contribution in [-0.2, 0) is 16.1 Å². The molecule has 0 radical (unpaired) electrons. The van der Waals surface area contributed by atoms with Gasteiger partial charge in [0.25, 0.3) is 5.91 Å². The maximum absolute atomic E-state index is 14.3. The SMILES string of the molecule is CCO[C@H](C(=O)NCc1ccc(C(=N)N)cc1Cl)c1ccc(OC)cc1F. The molecule has 0 aromatic heterocycles. The molecular formula is C19H21ClFN3O3. The minimum absolute atomic E-state index is 0.0983. The lowest BCUT2D eigenvalue weighted by Crippen LogP contribution is -2.31. The molecule has 8 heteroatoms. The van der Waals surface area contributed by atoms with Crippen LogP contribution in [0, 0.1) is 11.2 Å². The van der Waals surface area contributed by atoms with Gasteiger partial charge in [0.05, 0.1) is 7.11 Å². The maximum atomic E-state index is 14.3. The summed E-state index contributed by atoms with van der Waals surface area (Å²) < 4.78 is 24.7. The predicted molar refractivity (Wildman–Crippen MR) is 102 cm³/mol. The van der Waals surface area contributed by atoms with Gasteiger partial charge in [0.1, 0.15) is 17.4 Å². The molecule has 27 heavy (non-hydrogen) atoms. The highest BCUT2D eigenvalue weighted by atomic mass is 35.5. The molecule has 144 valence electrons. The minimum Gasteiger partial charge on any atom is -0.497 e. The van der Waals surface area contributed by atoms with E-state index < -0.39 is 17.8 Å². The van der Waals surface area contributed by atoms with Crippen LogP contribution < -0.4 is 15.8 Å². The Hall–Kier alpha value is -2.64. The smallest absolute Gasteiger partial charge is 0.254 e. The number of benzene rings is 2. The fraction of sp³-hybridized carbons (Fsp3) is 0.263. The number of amidine groups is 1. The van der Waals surface area contributed by atoms with Crippen molar-refractivity contribution in [3.63, 3.8) is 0 Å². The second-order valence-corrected chi connectivity index (χ2v) is 6.07. The molecule has 4 N–H and O–H groups in total. The van der Waals surface area contributed by atoms with Gasteiger partial charge in [0.2, 0.25) is 0 Å². The third-order valence-corrected chi connectivity index (χ3v) is 4.23. The molecule has 2 aromatic carbocycles. The lowest BCUT2D eigenvalue weighted by Gasteiger charge is -2.18. The van der Waals surface area contributed by atoms with E-state index in [0.717, 1.165) is 0 Å². The van der Waals surface area contributed by atoms with Crippen LogP contribution in [0.25, 0.3) is 0 Å². The van der Waals surface area contributed by atoms with Crippen LogP contribution in [0.1, 0.15) is 29.7 Å². The van der Waals surface area contributed by atoms with Crippen LogP contribution >= 0.6 is 11.6 Å². The molecule has 0 saturated heterocycles. The monoisotopic (exact) mass is 393 g/mol. The maximum Gasteiger partial charge on any atom is 0.254 e. The number of rotatable bonds is 8. The van der Waals surface area contributed by atoms with Crippen molar-refractivity contribution in [3.05, 3.63) is 63.9 Å². The number of carbonyl (C=O) groups excluding carboxylic acids is 1. The largest absolute Gasteiger partial charge is 0.497 e. The summed E-state index contributed by atoms with van der Waals surface area (Å²) in [7, 11) is 1.43. The Morgan fingerprint density at radius 2 is 2.07 bits per heavy atom. The van der Waals surface area contributed by atoms with Crippen LogP contribution in [0.2, 0.25) is 5.02 Å². The Morgan fingerprint density at radius 3 is 2.63 bits per heavy atom. The first-order chi connectivity index (χ1) is 12.9. The molecule has 2 aromatic rings. The highest BCUT2D eigenvalue weighted by Crippen LogP contribution is 2.25. The van der Waals surface area contributed by atoms with Crippen LogP contribution in [0.3, 0.4) is 0 Å². The van der Waals surface area contributed by atoms with E-state index in [1.165, 1.54) is 19.2 Å². The molecular weight excluding hydrogens is 373 g/mol. The van der Waals surface area contributed by atoms with Gasteiger partial charge < -0.3 is 20.5 Å². The van der Waals surface area contributed by atoms with Gasteiger partial charge in [-0.25, -0.2) is 4.39 Å². The Labute approximate surface area is 161 Å². The summed E-state index contributed by atoms with van der Waals surface area (Å²) in [5.74, 6) is -0.831. The molecule has 6 nitrogen and oxygen atoms in total. The molecule has 0 unspecified atom stereocenters. The van der Waals surface area contributed by atoms with Gasteiger partial charge in [-0.1, -0.05) is 23.7 Å². The fourth-order valence-electron chi connectivity index (χ4n) is 2.45. The molecule has 0 heterocycles. The summed E-state index contributed by atoms with van der Waals surface area (Å²) in [5.41, 5.74) is 6.67. The molecule has 0 aliphatic carbocycles. The Balaban J connectivity index is 2.15. The number of nitrogens with two attached hydrogens (primary N) is 1. The zero-order valence-electron chi connectivity index (χ0n) is 15.0. The van der Waals surface area contributed by atoms with Gasteiger partial charge in [0.15, 0.2) is 6.10 Å². The van der Waals surface area contributed by atoms with Crippen molar-refractivity contribution >= 4 is 23.3 Å². The number of halogens is 2. The van der Waals surface area contributed by atoms with Gasteiger partial charge in [0, 0.05) is 35.4 Å². The lowest BCUT2D eigenvalue weighted by molar-refractivity contribution is -0.133. The number of methoxy groups -OCH3 is 1. The number of amides is 1. The zero-order chi connectivity index (χ0) is 20.0. The highest BCUT2D eigenvalue weighted by Gasteiger charge is 2.24. The molecule has 1 atom stereocenters. The molecule has 0 aliphatic rings. The van der Waals surface area contributed by atoms with Crippen molar-refractivity contribution < 1.29 is 18.7 Å². The topological polar surface area (TPSA) is 97.4 Å². The van der Waals surface area contributed by atoms with Gasteiger partial charge in [-0.2, -0.15) is 0 Å². The summed E-state index contributed by atoms with van der Waals surface area (Å²) in [5, 5.41) is 10.5. The van der Waals surface area contributed by atoms with E-state index in [0.29, 0.717) is 21.9 Å². The third kappa shape index (κ3) is 5.18. The number of ether oxygens (including phenoxy) is 2. The molecule has 0 saturated carbocycles. The van der Waals surface area contributed by atoms with Crippen LogP contribution in [0.5, 0.6) is 5.75 Å². The number of nitrogens with one attached hydrogen (secondary N) is 2. The van der Waals surface area contributed by atoms with E-state index in [9.17, 15) is 9.18 Å². The molecule has 0 spiro atoms. The van der Waals surface area contributed by atoms with Crippen molar-refractivity contribution in [1.82, 2.24) is 5.32 Å². The Morgan fingerprint density at radius 1 is 1.33 bits per heavy atom. The van der Waals surface area contributed by atoms with E-state index >= 15 is 0 Å². The molecule has 2 rings (SSSR count). The zero-order valence-corrected chi connectivity index (χ0v) is 15.8. The lowest BCUT2D eigenvalue weighted by atomic mass is 10.1. The van der Waals surface area contributed by atoms with Gasteiger partial charge in [-0.15, -0.1) is 0 Å². The number of carbonyl (C=O) groups is 1. The number of hydrogen-bond donors (Lipinski definition) is 3. The normalized spacial score (nSPS) is 11.7. The number of nitrogen functional groups attached to an aromatic ring is 1. The average molecular weight is 394 g/mol. The van der Waals surface area contributed by atoms with E-state index in [1.807, 2.05) is 0 Å². The third-order valence-electron chi connectivity index (χ3n) is 3.88. The van der Waals surface area contributed by atoms with E-state index in [4.69, 9.17) is 32.2 Å². The molecule has 1 amide bonds. The Bertz CT molecular complexity index is 845. The molecule has 0 fully saturated rings. The second kappa shape index (κ2) is 9.34. The van der Waals surface area contributed by atoms with Crippen LogP contribution in [-0.4, -0.2) is 25.5 Å². The fourth-order valence-corrected chi connectivity index (χ4v) is 2.70. The van der Waals surface area contributed by atoms with E-state index in [1.54, 1.807) is 31.2 Å². The highest BCUT2D eigenvalue weighted by molar-refractivity contribution is 6.31. The Kier molecular flexibility index (Phi) is 7.15. The first kappa shape index (κ1) is 20.7. The van der Waals surface area contributed by atoms with E-state index in [-0.39, 0.29) is 24.6 Å². The number of hydrogen-bond acceptors (Lipinski definition) is 4. The molecule has 0 bridgehead atoms. The van der Waals surface area contributed by atoms with Gasteiger partial charge >= 0.3 is 0 Å². The quantitative estimate of drug-likeness (QED) is 0.474. The summed E-state index contributed by atoms with van der Waals surface area (Å²) >= 11 is 6.16. The standard InChI is InChI=1S/C19H21ClFN3O3/c1-3-27-17(14-7-6-13(26-2)9-16(14)21)19(25)24-10-12-5-4-11(18(22)23)8-15(12)20/h4-9,17H,3,10H2,1-2H3,(H3,22,23)(H,24,25)/t17-/m0/s1. The summed E-state index contributed by atoms with van der Waals surface area (Å²) in [6.07, 6.45) is -1.10. The summed E-state index contributed by atoms with van der Waals surface area (Å²) in [4.78, 5) is 12.6. The van der Waals surface area contributed by atoms with Crippen molar-refractivity contribution in [2.75, 3.05) is 13.7 Å².